The van der Waals surface area contributed by atoms with Crippen LogP contribution < -0.4 is 5.73 Å². The second kappa shape index (κ2) is 3.69. The van der Waals surface area contributed by atoms with Gasteiger partial charge in [0.25, 0.3) is 0 Å². The zero-order valence-electron chi connectivity index (χ0n) is 7.69. The molecule has 68 valence electrons. The molecule has 0 saturated heterocycles. The molecule has 2 N–H and O–H groups in total. The quantitative estimate of drug-likeness (QED) is 0.715. The number of hydrogen-bond acceptors (Lipinski definition) is 3. The Hall–Kier alpha value is -0.870. The first kappa shape index (κ1) is 9.22. The Balaban J connectivity index is 2.77. The lowest BCUT2D eigenvalue weighted by atomic mass is 10.1. The van der Waals surface area contributed by atoms with Gasteiger partial charge < -0.3 is 10.5 Å². The lowest BCUT2D eigenvalue weighted by Gasteiger charge is -2.18. The first-order chi connectivity index (χ1) is 5.66. The summed E-state index contributed by atoms with van der Waals surface area (Å²) in [5, 5.41) is 4.04. The third-order valence-electron chi connectivity index (χ3n) is 2.08. The van der Waals surface area contributed by atoms with Crippen molar-refractivity contribution in [3.05, 3.63) is 18.0 Å². The topological polar surface area (TPSA) is 53.1 Å². The van der Waals surface area contributed by atoms with E-state index in [1.807, 2.05) is 20.0 Å². The fourth-order valence-electron chi connectivity index (χ4n) is 1.10. The molecule has 0 aromatic carbocycles. The maximum absolute atomic E-state index is 5.91. The predicted molar refractivity (Wildman–Crippen MR) is 46.6 cm³/mol. The van der Waals surface area contributed by atoms with Crippen molar-refractivity contribution in [3.8, 4) is 0 Å². The molecule has 0 aliphatic carbocycles. The fourth-order valence-corrected chi connectivity index (χ4v) is 1.10. The highest BCUT2D eigenvalue weighted by Crippen LogP contribution is 2.14. The van der Waals surface area contributed by atoms with E-state index in [4.69, 9.17) is 10.5 Å². The first-order valence-corrected chi connectivity index (χ1v) is 3.93. The summed E-state index contributed by atoms with van der Waals surface area (Å²) < 4.78 is 6.89. The van der Waals surface area contributed by atoms with Gasteiger partial charge in [-0.25, -0.2) is 0 Å². The molecule has 1 aromatic heterocycles. The highest BCUT2D eigenvalue weighted by Gasteiger charge is 2.16. The number of hydrogen-bond donors (Lipinski definition) is 1. The van der Waals surface area contributed by atoms with Gasteiger partial charge >= 0.3 is 0 Å². The molecule has 1 aromatic rings. The van der Waals surface area contributed by atoms with Crippen molar-refractivity contribution >= 4 is 0 Å². The summed E-state index contributed by atoms with van der Waals surface area (Å²) in [5.74, 6) is 0. The molecule has 0 amide bonds. The third kappa shape index (κ3) is 1.65. The Bertz CT molecular complexity index is 246. The van der Waals surface area contributed by atoms with E-state index in [0.29, 0.717) is 0 Å². The number of nitrogens with two attached hydrogens (primary N) is 1. The molecule has 0 saturated carbocycles. The molecule has 2 unspecified atom stereocenters. The van der Waals surface area contributed by atoms with Gasteiger partial charge in [0.1, 0.15) is 0 Å². The molecule has 2 atom stereocenters. The molecule has 1 rings (SSSR count). The minimum absolute atomic E-state index is 0.0143. The Morgan fingerprint density at radius 1 is 1.67 bits per heavy atom. The smallest absolute Gasteiger partial charge is 0.0751 e. The number of methoxy groups -OCH3 is 1. The summed E-state index contributed by atoms with van der Waals surface area (Å²) >= 11 is 0. The first-order valence-electron chi connectivity index (χ1n) is 3.93. The van der Waals surface area contributed by atoms with Crippen molar-refractivity contribution in [2.45, 2.75) is 19.1 Å². The third-order valence-corrected chi connectivity index (χ3v) is 2.08. The number of aromatic nitrogens is 2. The molecule has 0 radical (unpaired) electrons. The van der Waals surface area contributed by atoms with Crippen LogP contribution in [0.3, 0.4) is 0 Å². The maximum Gasteiger partial charge on any atom is 0.0751 e. The molecule has 0 aliphatic heterocycles. The normalized spacial score (nSPS) is 16.0. The van der Waals surface area contributed by atoms with Gasteiger partial charge in [-0.1, -0.05) is 0 Å². The molecule has 4 nitrogen and oxygen atoms in total. The Morgan fingerprint density at radius 2 is 2.33 bits per heavy atom. The van der Waals surface area contributed by atoms with Crippen LogP contribution in [0.15, 0.2) is 12.3 Å². The van der Waals surface area contributed by atoms with Crippen LogP contribution in [0.4, 0.5) is 0 Å². The lowest BCUT2D eigenvalue weighted by Crippen LogP contribution is -2.27. The van der Waals surface area contributed by atoms with Gasteiger partial charge in [0.05, 0.1) is 17.8 Å². The molecule has 1 heterocycles. The van der Waals surface area contributed by atoms with Crippen molar-refractivity contribution in [1.82, 2.24) is 9.78 Å². The number of nitrogens with zero attached hydrogens (tertiary/aromatic N) is 2. The van der Waals surface area contributed by atoms with E-state index >= 15 is 0 Å². The molecule has 0 bridgehead atoms. The van der Waals surface area contributed by atoms with Gasteiger partial charge in [0.2, 0.25) is 0 Å². The molecular formula is C8H15N3O. The van der Waals surface area contributed by atoms with Crippen LogP contribution in [0.25, 0.3) is 0 Å². The van der Waals surface area contributed by atoms with Gasteiger partial charge in [-0.3, -0.25) is 4.68 Å². The van der Waals surface area contributed by atoms with Crippen molar-refractivity contribution in [1.29, 1.82) is 0 Å². The van der Waals surface area contributed by atoms with Crippen LogP contribution in [0.5, 0.6) is 0 Å². The predicted octanol–water partition coefficient (Wildman–Crippen LogP) is 0.455. The van der Waals surface area contributed by atoms with Crippen molar-refractivity contribution < 1.29 is 4.74 Å². The van der Waals surface area contributed by atoms with E-state index in [1.165, 1.54) is 0 Å². The molecule has 4 heteroatoms. The van der Waals surface area contributed by atoms with Gasteiger partial charge in [-0.05, 0) is 13.0 Å². The summed E-state index contributed by atoms with van der Waals surface area (Å²) in [5.41, 5.74) is 6.90. The van der Waals surface area contributed by atoms with Gasteiger partial charge in [-0.15, -0.1) is 0 Å². The zero-order valence-corrected chi connectivity index (χ0v) is 7.69. The zero-order chi connectivity index (χ0) is 9.14. The standard InChI is InChI=1S/C8H15N3O/c1-6(12-3)8(9)7-4-5-10-11(7)2/h4-6,8H,9H2,1-3H3. The monoisotopic (exact) mass is 169 g/mol. The van der Waals surface area contributed by atoms with Crippen LogP contribution in [0.1, 0.15) is 18.7 Å². The number of aryl methyl sites for hydroxylation is 1. The molecule has 0 spiro atoms. The molecular weight excluding hydrogens is 154 g/mol. The van der Waals surface area contributed by atoms with Gasteiger partial charge in [-0.2, -0.15) is 5.10 Å². The van der Waals surface area contributed by atoms with E-state index in [2.05, 4.69) is 5.10 Å². The SMILES string of the molecule is COC(C)C(N)c1ccnn1C. The summed E-state index contributed by atoms with van der Waals surface area (Å²) in [4.78, 5) is 0. The number of ether oxygens (including phenoxy) is 1. The summed E-state index contributed by atoms with van der Waals surface area (Å²) in [7, 11) is 3.53. The molecule has 0 fully saturated rings. The van der Waals surface area contributed by atoms with Gasteiger partial charge in [0, 0.05) is 20.4 Å². The average Bonchev–Trinajstić information content (AvgIpc) is 2.48. The second-order valence-electron chi connectivity index (χ2n) is 2.85. The van der Waals surface area contributed by atoms with Crippen LogP contribution >= 0.6 is 0 Å². The summed E-state index contributed by atoms with van der Waals surface area (Å²) in [6, 6.07) is 1.79. The summed E-state index contributed by atoms with van der Waals surface area (Å²) in [6.45, 7) is 1.94. The van der Waals surface area contributed by atoms with E-state index in [1.54, 1.807) is 18.0 Å². The molecule has 0 aliphatic rings. The average molecular weight is 169 g/mol. The van der Waals surface area contributed by atoms with Crippen molar-refractivity contribution in [2.75, 3.05) is 7.11 Å². The van der Waals surface area contributed by atoms with Crippen molar-refractivity contribution in [2.24, 2.45) is 12.8 Å². The van der Waals surface area contributed by atoms with E-state index in [-0.39, 0.29) is 12.1 Å². The second-order valence-corrected chi connectivity index (χ2v) is 2.85. The highest BCUT2D eigenvalue weighted by molar-refractivity contribution is 5.07. The maximum atomic E-state index is 5.91. The van der Waals surface area contributed by atoms with Crippen LogP contribution in [-0.2, 0) is 11.8 Å². The lowest BCUT2D eigenvalue weighted by molar-refractivity contribution is 0.0933. The Kier molecular flexibility index (Phi) is 2.83. The Labute approximate surface area is 72.3 Å². The fraction of sp³-hybridized carbons (Fsp3) is 0.625. The number of rotatable bonds is 3. The van der Waals surface area contributed by atoms with E-state index < -0.39 is 0 Å². The summed E-state index contributed by atoms with van der Waals surface area (Å²) in [6.07, 6.45) is 1.75. The van der Waals surface area contributed by atoms with E-state index in [0.717, 1.165) is 5.69 Å². The largest absolute Gasteiger partial charge is 0.380 e. The minimum atomic E-state index is -0.109. The van der Waals surface area contributed by atoms with Gasteiger partial charge in [0.15, 0.2) is 0 Å². The Morgan fingerprint density at radius 3 is 2.75 bits per heavy atom. The minimum Gasteiger partial charge on any atom is -0.380 e. The van der Waals surface area contributed by atoms with Crippen molar-refractivity contribution in [3.63, 3.8) is 0 Å². The van der Waals surface area contributed by atoms with E-state index in [9.17, 15) is 0 Å². The van der Waals surface area contributed by atoms with Crippen LogP contribution in [0.2, 0.25) is 0 Å². The van der Waals surface area contributed by atoms with Crippen LogP contribution in [0, 0.1) is 0 Å². The van der Waals surface area contributed by atoms with Crippen LogP contribution in [-0.4, -0.2) is 23.0 Å². The highest BCUT2D eigenvalue weighted by atomic mass is 16.5. The molecule has 12 heavy (non-hydrogen) atoms.